The Bertz CT molecular complexity index is 590. The van der Waals surface area contributed by atoms with E-state index in [1.54, 1.807) is 18.2 Å². The van der Waals surface area contributed by atoms with Crippen LogP contribution >= 0.6 is 23.2 Å². The molecular weight excluding hydrogens is 285 g/mol. The minimum atomic E-state index is -0.564. The maximum atomic E-state index is 6.14. The van der Waals surface area contributed by atoms with Crippen LogP contribution in [-0.4, -0.2) is 10.1 Å². The van der Waals surface area contributed by atoms with Gasteiger partial charge >= 0.3 is 0 Å². The molecule has 0 amide bonds. The highest BCUT2D eigenvalue weighted by Crippen LogP contribution is 2.31. The summed E-state index contributed by atoms with van der Waals surface area (Å²) in [5.41, 5.74) is 6.57. The van der Waals surface area contributed by atoms with Gasteiger partial charge in [0.1, 0.15) is 0 Å². The molecule has 1 atom stereocenters. The lowest BCUT2D eigenvalue weighted by Crippen LogP contribution is -2.16. The second kappa shape index (κ2) is 5.12. The van der Waals surface area contributed by atoms with Crippen LogP contribution in [0.2, 0.25) is 10.0 Å². The Labute approximate surface area is 121 Å². The molecule has 1 heterocycles. The summed E-state index contributed by atoms with van der Waals surface area (Å²) in [6.07, 6.45) is 0. The smallest absolute Gasteiger partial charge is 0.232 e. The van der Waals surface area contributed by atoms with E-state index in [2.05, 4.69) is 10.1 Å². The zero-order valence-electron chi connectivity index (χ0n) is 10.9. The number of nitrogens with two attached hydrogens (primary N) is 1. The summed E-state index contributed by atoms with van der Waals surface area (Å²) in [5, 5.41) is 4.79. The fourth-order valence-electron chi connectivity index (χ4n) is 1.57. The molecule has 0 aliphatic carbocycles. The van der Waals surface area contributed by atoms with Crippen molar-refractivity contribution in [3.05, 3.63) is 45.5 Å². The zero-order chi connectivity index (χ0) is 14.2. The Morgan fingerprint density at radius 3 is 2.53 bits per heavy atom. The van der Waals surface area contributed by atoms with Gasteiger partial charge in [0.15, 0.2) is 5.82 Å². The first-order chi connectivity index (χ1) is 8.80. The number of aromatic nitrogens is 2. The van der Waals surface area contributed by atoms with E-state index in [1.807, 2.05) is 20.8 Å². The molecule has 0 bridgehead atoms. The average Bonchev–Trinajstić information content (AvgIpc) is 2.81. The lowest BCUT2D eigenvalue weighted by Gasteiger charge is -2.12. The first-order valence-corrected chi connectivity index (χ1v) is 6.60. The van der Waals surface area contributed by atoms with Crippen LogP contribution in [0.15, 0.2) is 22.7 Å². The fraction of sp³-hybridized carbons (Fsp3) is 0.385. The maximum Gasteiger partial charge on any atom is 0.232 e. The number of hydrogen-bond donors (Lipinski definition) is 1. The van der Waals surface area contributed by atoms with Crippen molar-refractivity contribution in [2.24, 2.45) is 5.73 Å². The van der Waals surface area contributed by atoms with Gasteiger partial charge in [0, 0.05) is 5.41 Å². The molecule has 0 spiro atoms. The Morgan fingerprint density at radius 1 is 1.26 bits per heavy atom. The van der Waals surface area contributed by atoms with Crippen LogP contribution in [0.3, 0.4) is 0 Å². The number of nitrogens with zero attached hydrogens (tertiary/aromatic N) is 2. The second-order valence-corrected chi connectivity index (χ2v) is 6.11. The molecule has 0 saturated heterocycles. The first kappa shape index (κ1) is 14.3. The summed E-state index contributed by atoms with van der Waals surface area (Å²) < 4.78 is 5.22. The molecular formula is C13H15Cl2N3O. The van der Waals surface area contributed by atoms with E-state index >= 15 is 0 Å². The third-order valence-electron chi connectivity index (χ3n) is 2.68. The monoisotopic (exact) mass is 299 g/mol. The van der Waals surface area contributed by atoms with Crippen molar-refractivity contribution in [3.8, 4) is 0 Å². The third kappa shape index (κ3) is 2.91. The number of halogens is 2. The standard InChI is InChI=1S/C13H15Cl2N3O/c1-13(2,3)12-17-11(18-19-12)10(16)7-5-4-6-8(14)9(7)15/h4-6,10H,16H2,1-3H3. The van der Waals surface area contributed by atoms with Gasteiger partial charge in [-0.3, -0.25) is 0 Å². The SMILES string of the molecule is CC(C)(C)c1nc(C(N)c2cccc(Cl)c2Cl)no1. The van der Waals surface area contributed by atoms with Gasteiger partial charge in [-0.05, 0) is 11.6 Å². The Morgan fingerprint density at radius 2 is 1.95 bits per heavy atom. The van der Waals surface area contributed by atoms with Crippen molar-refractivity contribution in [1.29, 1.82) is 0 Å². The van der Waals surface area contributed by atoms with Crippen LogP contribution in [0.1, 0.15) is 44.1 Å². The summed E-state index contributed by atoms with van der Waals surface area (Å²) in [7, 11) is 0. The Kier molecular flexibility index (Phi) is 3.85. The van der Waals surface area contributed by atoms with Crippen molar-refractivity contribution >= 4 is 23.2 Å². The fourth-order valence-corrected chi connectivity index (χ4v) is 1.99. The third-order valence-corrected chi connectivity index (χ3v) is 3.51. The van der Waals surface area contributed by atoms with Crippen molar-refractivity contribution in [1.82, 2.24) is 10.1 Å². The quantitative estimate of drug-likeness (QED) is 0.918. The van der Waals surface area contributed by atoms with Gasteiger partial charge in [-0.25, -0.2) is 0 Å². The van der Waals surface area contributed by atoms with E-state index in [9.17, 15) is 0 Å². The molecule has 4 nitrogen and oxygen atoms in total. The normalized spacial score (nSPS) is 13.6. The molecule has 2 rings (SSSR count). The van der Waals surface area contributed by atoms with Crippen LogP contribution in [0, 0.1) is 0 Å². The molecule has 0 fully saturated rings. The van der Waals surface area contributed by atoms with Crippen LogP contribution in [0.4, 0.5) is 0 Å². The van der Waals surface area contributed by atoms with Gasteiger partial charge in [0.25, 0.3) is 0 Å². The molecule has 0 radical (unpaired) electrons. The van der Waals surface area contributed by atoms with E-state index in [1.165, 1.54) is 0 Å². The predicted octanol–water partition coefficient (Wildman–Crippen LogP) is 3.72. The molecule has 0 aliphatic heterocycles. The largest absolute Gasteiger partial charge is 0.339 e. The van der Waals surface area contributed by atoms with Crippen LogP contribution < -0.4 is 5.73 Å². The predicted molar refractivity (Wildman–Crippen MR) is 75.5 cm³/mol. The molecule has 102 valence electrons. The lowest BCUT2D eigenvalue weighted by atomic mass is 9.97. The van der Waals surface area contributed by atoms with Gasteiger partial charge in [-0.2, -0.15) is 4.98 Å². The van der Waals surface area contributed by atoms with Crippen molar-refractivity contribution < 1.29 is 4.52 Å². The summed E-state index contributed by atoms with van der Waals surface area (Å²) in [6, 6.07) is 4.72. The molecule has 6 heteroatoms. The highest BCUT2D eigenvalue weighted by Gasteiger charge is 2.25. The molecule has 19 heavy (non-hydrogen) atoms. The highest BCUT2D eigenvalue weighted by atomic mass is 35.5. The highest BCUT2D eigenvalue weighted by molar-refractivity contribution is 6.42. The van der Waals surface area contributed by atoms with Crippen molar-refractivity contribution in [2.75, 3.05) is 0 Å². The average molecular weight is 300 g/mol. The molecule has 1 unspecified atom stereocenters. The summed E-state index contributed by atoms with van der Waals surface area (Å²) in [4.78, 5) is 4.32. The van der Waals surface area contributed by atoms with E-state index in [-0.39, 0.29) is 5.41 Å². The van der Waals surface area contributed by atoms with Gasteiger partial charge in [-0.15, -0.1) is 0 Å². The van der Waals surface area contributed by atoms with Gasteiger partial charge in [-0.1, -0.05) is 61.3 Å². The minimum Gasteiger partial charge on any atom is -0.339 e. The van der Waals surface area contributed by atoms with Crippen molar-refractivity contribution in [2.45, 2.75) is 32.2 Å². The number of hydrogen-bond acceptors (Lipinski definition) is 4. The Balaban J connectivity index is 2.37. The van der Waals surface area contributed by atoms with Gasteiger partial charge in [0.05, 0.1) is 16.1 Å². The Hall–Kier alpha value is -1.10. The van der Waals surface area contributed by atoms with Crippen LogP contribution in [0.5, 0.6) is 0 Å². The topological polar surface area (TPSA) is 64.9 Å². The second-order valence-electron chi connectivity index (χ2n) is 5.33. The lowest BCUT2D eigenvalue weighted by molar-refractivity contribution is 0.317. The molecule has 0 saturated carbocycles. The summed E-state index contributed by atoms with van der Waals surface area (Å²) in [5.74, 6) is 0.935. The first-order valence-electron chi connectivity index (χ1n) is 5.84. The molecule has 0 aliphatic rings. The van der Waals surface area contributed by atoms with Gasteiger partial charge in [0.2, 0.25) is 5.89 Å². The van der Waals surface area contributed by atoms with E-state index in [4.69, 9.17) is 33.5 Å². The molecule has 1 aromatic heterocycles. The number of rotatable bonds is 2. The van der Waals surface area contributed by atoms with E-state index in [0.29, 0.717) is 27.3 Å². The number of benzene rings is 1. The minimum absolute atomic E-state index is 0.219. The molecule has 1 aromatic carbocycles. The zero-order valence-corrected chi connectivity index (χ0v) is 12.5. The maximum absolute atomic E-state index is 6.14. The van der Waals surface area contributed by atoms with Gasteiger partial charge < -0.3 is 10.3 Å². The molecule has 2 aromatic rings. The van der Waals surface area contributed by atoms with E-state index < -0.39 is 6.04 Å². The summed E-state index contributed by atoms with van der Waals surface area (Å²) >= 11 is 12.1. The van der Waals surface area contributed by atoms with Crippen molar-refractivity contribution in [3.63, 3.8) is 0 Å². The summed E-state index contributed by atoms with van der Waals surface area (Å²) in [6.45, 7) is 5.96. The van der Waals surface area contributed by atoms with Crippen LogP contribution in [-0.2, 0) is 5.41 Å². The van der Waals surface area contributed by atoms with Crippen LogP contribution in [0.25, 0.3) is 0 Å². The van der Waals surface area contributed by atoms with E-state index in [0.717, 1.165) is 0 Å². The molecule has 2 N–H and O–H groups in total.